The van der Waals surface area contributed by atoms with E-state index in [1.165, 1.54) is 11.3 Å². The van der Waals surface area contributed by atoms with Gasteiger partial charge in [0.1, 0.15) is 4.88 Å². The van der Waals surface area contributed by atoms with Crippen LogP contribution >= 0.6 is 11.3 Å². The second kappa shape index (κ2) is 4.28. The van der Waals surface area contributed by atoms with Crippen LogP contribution in [0.25, 0.3) is 0 Å². The Labute approximate surface area is 109 Å². The monoisotopic (exact) mass is 265 g/mol. The molecule has 1 aromatic heterocycles. The Kier molecular flexibility index (Phi) is 2.74. The van der Waals surface area contributed by atoms with E-state index in [2.05, 4.69) is 5.32 Å². The molecular formula is C12H15N3O2S. The minimum Gasteiger partial charge on any atom is -0.397 e. The highest BCUT2D eigenvalue weighted by atomic mass is 32.1. The molecule has 0 bridgehead atoms. The molecule has 6 heteroatoms. The summed E-state index contributed by atoms with van der Waals surface area (Å²) in [6, 6.07) is 1.75. The van der Waals surface area contributed by atoms with Crippen molar-refractivity contribution in [3.8, 4) is 0 Å². The van der Waals surface area contributed by atoms with Crippen LogP contribution in [0.15, 0.2) is 11.4 Å². The molecule has 0 saturated carbocycles. The highest BCUT2D eigenvalue weighted by molar-refractivity contribution is 7.12. The highest BCUT2D eigenvalue weighted by Crippen LogP contribution is 2.30. The maximum Gasteiger partial charge on any atom is 0.266 e. The van der Waals surface area contributed by atoms with Gasteiger partial charge in [0.2, 0.25) is 5.91 Å². The first-order valence-electron chi connectivity index (χ1n) is 6.10. The number of piperidine rings is 1. The molecule has 1 aromatic rings. The van der Waals surface area contributed by atoms with Crippen LogP contribution in [0.4, 0.5) is 5.69 Å². The molecule has 18 heavy (non-hydrogen) atoms. The van der Waals surface area contributed by atoms with E-state index in [0.717, 1.165) is 12.8 Å². The van der Waals surface area contributed by atoms with Crippen molar-refractivity contribution >= 4 is 28.8 Å². The first-order valence-corrected chi connectivity index (χ1v) is 6.98. The number of hydrogen-bond donors (Lipinski definition) is 2. The van der Waals surface area contributed by atoms with E-state index in [0.29, 0.717) is 23.7 Å². The summed E-state index contributed by atoms with van der Waals surface area (Å²) < 4.78 is 0. The second-order valence-corrected chi connectivity index (χ2v) is 5.68. The number of nitrogens with zero attached hydrogens (tertiary/aromatic N) is 1. The lowest BCUT2D eigenvalue weighted by Crippen LogP contribution is -2.48. The molecule has 0 radical (unpaired) electrons. The van der Waals surface area contributed by atoms with Crippen LogP contribution in [0.2, 0.25) is 0 Å². The SMILES string of the molecule is Nc1ccsc1C(=O)N1CCCC2C(=O)NCC21. The third kappa shape index (κ3) is 1.68. The van der Waals surface area contributed by atoms with Crippen LogP contribution in [0, 0.1) is 5.92 Å². The molecule has 2 fully saturated rings. The number of likely N-dealkylation sites (tertiary alicyclic amines) is 1. The summed E-state index contributed by atoms with van der Waals surface area (Å²) in [7, 11) is 0. The van der Waals surface area contributed by atoms with E-state index in [9.17, 15) is 9.59 Å². The first-order chi connectivity index (χ1) is 8.68. The number of carbonyl (C=O) groups is 2. The average Bonchev–Trinajstić information content (AvgIpc) is 2.95. The minimum absolute atomic E-state index is 0.000231. The largest absolute Gasteiger partial charge is 0.397 e. The van der Waals surface area contributed by atoms with Crippen LogP contribution in [0.5, 0.6) is 0 Å². The standard InChI is InChI=1S/C12H15N3O2S/c13-8-3-5-18-10(8)12(17)15-4-1-2-7-9(15)6-14-11(7)16/h3,5,7,9H,1-2,4,6,13H2,(H,14,16). The van der Waals surface area contributed by atoms with E-state index in [4.69, 9.17) is 5.73 Å². The van der Waals surface area contributed by atoms with Crippen molar-refractivity contribution in [2.45, 2.75) is 18.9 Å². The van der Waals surface area contributed by atoms with Gasteiger partial charge in [-0.1, -0.05) is 0 Å². The van der Waals surface area contributed by atoms with Crippen molar-refractivity contribution in [2.24, 2.45) is 5.92 Å². The molecule has 2 atom stereocenters. The summed E-state index contributed by atoms with van der Waals surface area (Å²) in [5.41, 5.74) is 6.32. The molecule has 2 unspecified atom stereocenters. The molecule has 2 aliphatic rings. The molecule has 96 valence electrons. The maximum atomic E-state index is 12.4. The highest BCUT2D eigenvalue weighted by Gasteiger charge is 2.43. The Bertz CT molecular complexity index is 499. The number of thiophene rings is 1. The fourth-order valence-corrected chi connectivity index (χ4v) is 3.60. The summed E-state index contributed by atoms with van der Waals surface area (Å²) in [6.07, 6.45) is 1.76. The molecule has 0 aliphatic carbocycles. The van der Waals surface area contributed by atoms with Gasteiger partial charge in [-0.05, 0) is 24.3 Å². The van der Waals surface area contributed by atoms with Gasteiger partial charge in [0, 0.05) is 13.1 Å². The predicted molar refractivity (Wildman–Crippen MR) is 69.3 cm³/mol. The van der Waals surface area contributed by atoms with Gasteiger partial charge in [-0.15, -0.1) is 11.3 Å². The Morgan fingerprint density at radius 1 is 1.56 bits per heavy atom. The molecule has 0 aromatic carbocycles. The lowest BCUT2D eigenvalue weighted by Gasteiger charge is -2.35. The number of anilines is 1. The van der Waals surface area contributed by atoms with Gasteiger partial charge in [0.25, 0.3) is 5.91 Å². The maximum absolute atomic E-state index is 12.4. The molecule has 3 rings (SSSR count). The molecular weight excluding hydrogens is 250 g/mol. The summed E-state index contributed by atoms with van der Waals surface area (Å²) in [6.45, 7) is 1.28. The van der Waals surface area contributed by atoms with Gasteiger partial charge in [-0.2, -0.15) is 0 Å². The van der Waals surface area contributed by atoms with E-state index in [-0.39, 0.29) is 23.8 Å². The molecule has 5 nitrogen and oxygen atoms in total. The molecule has 3 heterocycles. The van der Waals surface area contributed by atoms with Crippen LogP contribution in [0.3, 0.4) is 0 Å². The zero-order valence-corrected chi connectivity index (χ0v) is 10.7. The van der Waals surface area contributed by atoms with Gasteiger partial charge in [0.15, 0.2) is 0 Å². The number of rotatable bonds is 1. The van der Waals surface area contributed by atoms with Crippen molar-refractivity contribution in [1.82, 2.24) is 10.2 Å². The summed E-state index contributed by atoms with van der Waals surface area (Å²) in [5, 5.41) is 4.67. The number of amides is 2. The number of carbonyl (C=O) groups excluding carboxylic acids is 2. The number of nitrogen functional groups attached to an aromatic ring is 1. The molecule has 3 N–H and O–H groups in total. The van der Waals surface area contributed by atoms with Crippen molar-refractivity contribution < 1.29 is 9.59 Å². The number of nitrogens with one attached hydrogen (secondary N) is 1. The predicted octanol–water partition coefficient (Wildman–Crippen LogP) is 0.681. The second-order valence-electron chi connectivity index (χ2n) is 4.76. The summed E-state index contributed by atoms with van der Waals surface area (Å²) in [5.74, 6) is 0.00855. The fraction of sp³-hybridized carbons (Fsp3) is 0.500. The minimum atomic E-state index is -0.0381. The number of hydrogen-bond acceptors (Lipinski definition) is 4. The smallest absolute Gasteiger partial charge is 0.266 e. The number of fused-ring (bicyclic) bond motifs is 1. The van der Waals surface area contributed by atoms with Crippen LogP contribution in [-0.2, 0) is 4.79 Å². The van der Waals surface area contributed by atoms with Gasteiger partial charge in [-0.3, -0.25) is 9.59 Å². The van der Waals surface area contributed by atoms with E-state index < -0.39 is 0 Å². The zero-order chi connectivity index (χ0) is 12.7. The van der Waals surface area contributed by atoms with Gasteiger partial charge in [0.05, 0.1) is 17.6 Å². The molecule has 0 spiro atoms. The Hall–Kier alpha value is -1.56. The Balaban J connectivity index is 1.86. The summed E-state index contributed by atoms with van der Waals surface area (Å²) in [4.78, 5) is 26.5. The van der Waals surface area contributed by atoms with Gasteiger partial charge in [-0.25, -0.2) is 0 Å². The van der Waals surface area contributed by atoms with Crippen LogP contribution in [0.1, 0.15) is 22.5 Å². The average molecular weight is 265 g/mol. The topological polar surface area (TPSA) is 75.4 Å². The van der Waals surface area contributed by atoms with Crippen LogP contribution in [-0.4, -0.2) is 35.8 Å². The molecule has 2 aliphatic heterocycles. The Morgan fingerprint density at radius 3 is 3.11 bits per heavy atom. The quantitative estimate of drug-likeness (QED) is 0.784. The van der Waals surface area contributed by atoms with Crippen molar-refractivity contribution in [3.05, 3.63) is 16.3 Å². The zero-order valence-electron chi connectivity index (χ0n) is 9.89. The molecule has 2 amide bonds. The van der Waals surface area contributed by atoms with Gasteiger partial charge < -0.3 is 16.0 Å². The lowest BCUT2D eigenvalue weighted by atomic mass is 9.91. The summed E-state index contributed by atoms with van der Waals surface area (Å²) >= 11 is 1.36. The van der Waals surface area contributed by atoms with Crippen molar-refractivity contribution in [2.75, 3.05) is 18.8 Å². The van der Waals surface area contributed by atoms with Crippen molar-refractivity contribution in [1.29, 1.82) is 0 Å². The normalized spacial score (nSPS) is 26.9. The number of nitrogens with two attached hydrogens (primary N) is 1. The van der Waals surface area contributed by atoms with Crippen LogP contribution < -0.4 is 11.1 Å². The van der Waals surface area contributed by atoms with E-state index in [1.807, 2.05) is 10.3 Å². The van der Waals surface area contributed by atoms with E-state index >= 15 is 0 Å². The first kappa shape index (κ1) is 11.5. The van der Waals surface area contributed by atoms with Crippen molar-refractivity contribution in [3.63, 3.8) is 0 Å². The Morgan fingerprint density at radius 2 is 2.39 bits per heavy atom. The fourth-order valence-electron chi connectivity index (χ4n) is 2.83. The lowest BCUT2D eigenvalue weighted by molar-refractivity contribution is -0.123. The third-order valence-electron chi connectivity index (χ3n) is 3.75. The third-order valence-corrected chi connectivity index (χ3v) is 4.67. The molecule has 2 saturated heterocycles. The van der Waals surface area contributed by atoms with E-state index in [1.54, 1.807) is 6.07 Å². The van der Waals surface area contributed by atoms with Gasteiger partial charge >= 0.3 is 0 Å².